The summed E-state index contributed by atoms with van der Waals surface area (Å²) in [6.07, 6.45) is 0. The predicted molar refractivity (Wildman–Crippen MR) is 17.1 cm³/mol. The van der Waals surface area contributed by atoms with Crippen LogP contribution in [-0.4, -0.2) is 17.5 Å². The first kappa shape index (κ1) is 23.9. The van der Waals surface area contributed by atoms with E-state index in [1.54, 1.807) is 0 Å². The van der Waals surface area contributed by atoms with Crippen LogP contribution in [0.25, 0.3) is 0 Å². The molecule has 0 fully saturated rings. The fourth-order valence-corrected chi connectivity index (χ4v) is 0. The summed E-state index contributed by atoms with van der Waals surface area (Å²) >= 11 is 0. The Morgan fingerprint density at radius 3 is 1.12 bits per heavy atom. The Bertz CT molecular complexity index is 95.6. The first-order valence-electron chi connectivity index (χ1n) is 0.667. The van der Waals surface area contributed by atoms with Gasteiger partial charge in [0, 0.05) is 10.4 Å². The van der Waals surface area contributed by atoms with E-state index >= 15 is 0 Å². The molecular weight excluding hydrogens is 182 g/mol. The zero-order valence-corrected chi connectivity index (χ0v) is 5.72. The van der Waals surface area contributed by atoms with Crippen molar-refractivity contribution in [2.75, 3.05) is 0 Å². The molecule has 0 rings (SSSR count). The van der Waals surface area contributed by atoms with Gasteiger partial charge in [0.1, 0.15) is 0 Å². The van der Waals surface area contributed by atoms with Crippen molar-refractivity contribution in [1.82, 2.24) is 6.15 Å². The van der Waals surface area contributed by atoms with Crippen molar-refractivity contribution < 1.29 is 40.1 Å². The average Bonchev–Trinajstić information content (AvgIpc) is 0.722. The summed E-state index contributed by atoms with van der Waals surface area (Å²) in [5.41, 5.74) is 0. The minimum atomic E-state index is -5.17. The second-order valence-electron chi connectivity index (χ2n) is 0.408. The molecule has 8 heavy (non-hydrogen) atoms. The van der Waals surface area contributed by atoms with Crippen LogP contribution in [0.1, 0.15) is 0 Å². The van der Waals surface area contributed by atoms with E-state index in [4.69, 9.17) is 17.5 Å². The van der Waals surface area contributed by atoms with Gasteiger partial charge < -0.3 is 20.7 Å². The first-order chi connectivity index (χ1) is 2.00. The van der Waals surface area contributed by atoms with Gasteiger partial charge in [-0.05, 0) is 0 Å². The van der Waals surface area contributed by atoms with Crippen molar-refractivity contribution in [3.63, 3.8) is 0 Å². The average molecular weight is 186 g/mol. The standard InChI is InChI=1S/Fe.H3N.H2O4S.O/c;;1-5(2,3)4;/h;1H3;(H2,1,2,3,4);/q+3;;;-2/p-1. The Kier molecular flexibility index (Phi) is 21.8. The number of rotatable bonds is 0. The summed E-state index contributed by atoms with van der Waals surface area (Å²) in [6.45, 7) is 0. The van der Waals surface area contributed by atoms with E-state index in [2.05, 4.69) is 0 Å². The Morgan fingerprint density at radius 1 is 1.12 bits per heavy atom. The minimum Gasteiger partial charge on any atom is -2.00 e. The van der Waals surface area contributed by atoms with Gasteiger partial charge in [0.15, 0.2) is 0 Å². The summed E-state index contributed by atoms with van der Waals surface area (Å²) in [4.78, 5) is 0. The van der Waals surface area contributed by atoms with Crippen molar-refractivity contribution in [1.29, 1.82) is 0 Å². The molecule has 0 aliphatic heterocycles. The van der Waals surface area contributed by atoms with Crippen LogP contribution in [0.5, 0.6) is 0 Å². The summed E-state index contributed by atoms with van der Waals surface area (Å²) in [5.74, 6) is 0. The van der Waals surface area contributed by atoms with Gasteiger partial charge in [-0.2, -0.15) is 0 Å². The molecular formula is H4FeNO5S. The van der Waals surface area contributed by atoms with Gasteiger partial charge in [-0.25, -0.2) is 0 Å². The number of hydrogen-bond donors (Lipinski definition) is 1. The number of hydrogen-bond acceptors (Lipinski definition) is 4. The van der Waals surface area contributed by atoms with Gasteiger partial charge in [-0.1, -0.05) is 0 Å². The smallest absolute Gasteiger partial charge is 2.00 e. The van der Waals surface area contributed by atoms with Crippen LogP contribution in [0, 0.1) is 0 Å². The van der Waals surface area contributed by atoms with Crippen molar-refractivity contribution in [2.45, 2.75) is 0 Å². The van der Waals surface area contributed by atoms with Gasteiger partial charge in [0.05, 0.1) is 0 Å². The molecule has 0 aliphatic carbocycles. The van der Waals surface area contributed by atoms with Crippen LogP contribution >= 0.6 is 0 Å². The Balaban J connectivity index is -0.0000000267. The molecule has 4 N–H and O–H groups in total. The third-order valence-electron chi connectivity index (χ3n) is 0. The fourth-order valence-electron chi connectivity index (χ4n) is 0. The van der Waals surface area contributed by atoms with Gasteiger partial charge >= 0.3 is 17.1 Å². The zero-order chi connectivity index (χ0) is 4.50. The molecule has 0 atom stereocenters. The molecule has 0 amide bonds. The van der Waals surface area contributed by atoms with Crippen LogP contribution in [0.15, 0.2) is 0 Å². The molecule has 0 saturated carbocycles. The maximum atomic E-state index is 8.52. The van der Waals surface area contributed by atoms with Crippen molar-refractivity contribution >= 4 is 10.4 Å². The van der Waals surface area contributed by atoms with Crippen LogP contribution in [0.4, 0.5) is 0 Å². The second-order valence-corrected chi connectivity index (χ2v) is 1.22. The summed E-state index contributed by atoms with van der Waals surface area (Å²) < 4.78 is 34.1. The maximum absolute atomic E-state index is 8.52. The van der Waals surface area contributed by atoms with E-state index in [0.717, 1.165) is 0 Å². The largest absolute Gasteiger partial charge is 3.00 e. The van der Waals surface area contributed by atoms with Gasteiger partial charge in [0.25, 0.3) is 0 Å². The third-order valence-corrected chi connectivity index (χ3v) is 0. The normalized spacial score (nSPS) is 7.25. The SMILES string of the molecule is O=S(=O)([O-])[O-].[Fe+3].[NH4+].[O-2]. The van der Waals surface area contributed by atoms with Crippen molar-refractivity contribution in [3.05, 3.63) is 0 Å². The quantitative estimate of drug-likeness (QED) is 0.291. The molecule has 0 aliphatic rings. The first-order valence-corrected chi connectivity index (χ1v) is 2.00. The molecule has 1 radical (unpaired) electrons. The molecule has 0 heterocycles. The molecule has 0 saturated heterocycles. The zero-order valence-electron chi connectivity index (χ0n) is 3.80. The van der Waals surface area contributed by atoms with Gasteiger partial charge in [-0.15, -0.1) is 0 Å². The van der Waals surface area contributed by atoms with E-state index in [-0.39, 0.29) is 28.7 Å². The van der Waals surface area contributed by atoms with E-state index in [1.165, 1.54) is 0 Å². The van der Waals surface area contributed by atoms with E-state index in [9.17, 15) is 0 Å². The van der Waals surface area contributed by atoms with Crippen LogP contribution in [0.2, 0.25) is 0 Å². The molecule has 0 bridgehead atoms. The van der Waals surface area contributed by atoms with Crippen LogP contribution < -0.4 is 6.15 Å². The molecule has 0 spiro atoms. The van der Waals surface area contributed by atoms with E-state index in [0.29, 0.717) is 0 Å². The Hall–Kier alpha value is 0.309. The van der Waals surface area contributed by atoms with Crippen LogP contribution in [-0.2, 0) is 32.9 Å². The molecule has 0 aromatic carbocycles. The maximum Gasteiger partial charge on any atom is 3.00 e. The van der Waals surface area contributed by atoms with E-state index < -0.39 is 10.4 Å². The van der Waals surface area contributed by atoms with Gasteiger partial charge in [0.2, 0.25) is 0 Å². The second kappa shape index (κ2) is 7.31. The molecule has 53 valence electrons. The molecule has 0 aromatic rings. The minimum absolute atomic E-state index is 0. The van der Waals surface area contributed by atoms with E-state index in [1.807, 2.05) is 0 Å². The third kappa shape index (κ3) is 1860. The molecule has 6 nitrogen and oxygen atoms in total. The topological polar surface area (TPSA) is 145 Å². The predicted octanol–water partition coefficient (Wildman–Crippen LogP) is -1.08. The Labute approximate surface area is 57.2 Å². The monoisotopic (exact) mass is 186 g/mol. The van der Waals surface area contributed by atoms with Gasteiger partial charge in [-0.3, -0.25) is 8.42 Å². The fraction of sp³-hybridized carbons (Fsp3) is 0. The van der Waals surface area contributed by atoms with Crippen LogP contribution in [0.3, 0.4) is 0 Å². The number of quaternary nitrogens is 1. The summed E-state index contributed by atoms with van der Waals surface area (Å²) in [5, 5.41) is 0. The molecule has 0 aromatic heterocycles. The van der Waals surface area contributed by atoms with Crippen molar-refractivity contribution in [2.24, 2.45) is 0 Å². The molecule has 8 heteroatoms. The Morgan fingerprint density at radius 2 is 1.12 bits per heavy atom. The summed E-state index contributed by atoms with van der Waals surface area (Å²) in [7, 11) is -5.17. The molecule has 0 unspecified atom stereocenters. The summed E-state index contributed by atoms with van der Waals surface area (Å²) in [6, 6.07) is 0. The van der Waals surface area contributed by atoms with Crippen molar-refractivity contribution in [3.8, 4) is 0 Å².